The third kappa shape index (κ3) is 1.26. The first-order valence-corrected chi connectivity index (χ1v) is 5.04. The lowest BCUT2D eigenvalue weighted by Crippen LogP contribution is -2.17. The zero-order valence-electron chi connectivity index (χ0n) is 8.23. The van der Waals surface area contributed by atoms with Crippen LogP contribution in [0.25, 0.3) is 6.08 Å². The van der Waals surface area contributed by atoms with Crippen LogP contribution in [0.2, 0.25) is 0 Å². The molecule has 0 aliphatic carbocycles. The zero-order chi connectivity index (χ0) is 9.54. The second kappa shape index (κ2) is 2.92. The molecule has 0 saturated carbocycles. The van der Waals surface area contributed by atoms with E-state index in [0.29, 0.717) is 11.7 Å². The number of hydrogen-bond donors (Lipinski definition) is 0. The molecule has 2 aliphatic rings. The van der Waals surface area contributed by atoms with E-state index in [9.17, 15) is 0 Å². The summed E-state index contributed by atoms with van der Waals surface area (Å²) in [7, 11) is 0. The molecule has 2 fully saturated rings. The minimum atomic E-state index is 0.659. The number of rotatable bonds is 1. The SMILES string of the molecule is Cc1noc(/C=C2/CN3CCC2C3)n1. The van der Waals surface area contributed by atoms with Crippen LogP contribution in [-0.2, 0) is 0 Å². The van der Waals surface area contributed by atoms with Gasteiger partial charge >= 0.3 is 0 Å². The van der Waals surface area contributed by atoms with Gasteiger partial charge in [-0.2, -0.15) is 4.98 Å². The van der Waals surface area contributed by atoms with Gasteiger partial charge in [0.1, 0.15) is 0 Å². The monoisotopic (exact) mass is 191 g/mol. The molecule has 3 heterocycles. The maximum atomic E-state index is 5.08. The third-order valence-corrected chi connectivity index (χ3v) is 3.06. The lowest BCUT2D eigenvalue weighted by atomic mass is 9.99. The molecule has 2 atom stereocenters. The average molecular weight is 191 g/mol. The Morgan fingerprint density at radius 1 is 1.57 bits per heavy atom. The number of fused-ring (bicyclic) bond motifs is 2. The molecule has 4 nitrogen and oxygen atoms in total. The fourth-order valence-electron chi connectivity index (χ4n) is 2.36. The molecule has 3 rings (SSSR count). The fraction of sp³-hybridized carbons (Fsp3) is 0.600. The lowest BCUT2D eigenvalue weighted by Gasteiger charge is -2.13. The van der Waals surface area contributed by atoms with Crippen molar-refractivity contribution in [3.05, 3.63) is 17.3 Å². The van der Waals surface area contributed by atoms with Crippen LogP contribution in [-0.4, -0.2) is 34.7 Å². The standard InChI is InChI=1S/C10H13N3O/c1-7-11-10(14-12-7)4-9-6-13-3-2-8(9)5-13/h4,8H,2-3,5-6H2,1H3/b9-4-. The Bertz CT molecular complexity index is 382. The van der Waals surface area contributed by atoms with E-state index < -0.39 is 0 Å². The highest BCUT2D eigenvalue weighted by molar-refractivity contribution is 5.47. The zero-order valence-corrected chi connectivity index (χ0v) is 8.23. The van der Waals surface area contributed by atoms with E-state index in [1.165, 1.54) is 25.1 Å². The second-order valence-corrected chi connectivity index (χ2v) is 4.12. The Balaban J connectivity index is 1.85. The first kappa shape index (κ1) is 8.17. The molecule has 2 saturated heterocycles. The Kier molecular flexibility index (Phi) is 1.70. The molecule has 14 heavy (non-hydrogen) atoms. The van der Waals surface area contributed by atoms with Gasteiger partial charge in [0.2, 0.25) is 0 Å². The molecule has 0 aromatic carbocycles. The van der Waals surface area contributed by atoms with Crippen LogP contribution in [0.1, 0.15) is 18.1 Å². The summed E-state index contributed by atoms with van der Waals surface area (Å²) in [6.45, 7) is 5.41. The van der Waals surface area contributed by atoms with Crippen molar-refractivity contribution in [2.45, 2.75) is 13.3 Å². The van der Waals surface area contributed by atoms with Gasteiger partial charge in [-0.05, 0) is 31.4 Å². The van der Waals surface area contributed by atoms with Crippen molar-refractivity contribution in [3.8, 4) is 0 Å². The molecule has 2 bridgehead atoms. The highest BCUT2D eigenvalue weighted by Gasteiger charge is 2.33. The molecule has 2 aliphatic heterocycles. The number of piperidine rings is 1. The summed E-state index contributed by atoms with van der Waals surface area (Å²) in [6.07, 6.45) is 3.35. The van der Waals surface area contributed by atoms with Gasteiger partial charge in [-0.1, -0.05) is 5.16 Å². The smallest absolute Gasteiger partial charge is 0.250 e. The van der Waals surface area contributed by atoms with Crippen LogP contribution in [0.3, 0.4) is 0 Å². The van der Waals surface area contributed by atoms with E-state index in [1.54, 1.807) is 0 Å². The van der Waals surface area contributed by atoms with Gasteiger partial charge in [0.25, 0.3) is 5.89 Å². The third-order valence-electron chi connectivity index (χ3n) is 3.06. The maximum absolute atomic E-state index is 5.08. The summed E-state index contributed by atoms with van der Waals surface area (Å²) in [5.41, 5.74) is 1.46. The van der Waals surface area contributed by atoms with Crippen LogP contribution in [0.15, 0.2) is 10.1 Å². The molecule has 0 radical (unpaired) electrons. The summed E-state index contributed by atoms with van der Waals surface area (Å²) in [5, 5.41) is 3.78. The Labute approximate surface area is 82.6 Å². The van der Waals surface area contributed by atoms with E-state index in [2.05, 4.69) is 21.1 Å². The summed E-state index contributed by atoms with van der Waals surface area (Å²) >= 11 is 0. The first-order chi connectivity index (χ1) is 6.81. The fourth-order valence-corrected chi connectivity index (χ4v) is 2.36. The van der Waals surface area contributed by atoms with Crippen LogP contribution in [0, 0.1) is 12.8 Å². The number of aromatic nitrogens is 2. The van der Waals surface area contributed by atoms with E-state index in [0.717, 1.165) is 12.5 Å². The van der Waals surface area contributed by atoms with Crippen molar-refractivity contribution in [2.75, 3.05) is 19.6 Å². The van der Waals surface area contributed by atoms with E-state index in [4.69, 9.17) is 4.52 Å². The average Bonchev–Trinajstić information content (AvgIpc) is 2.82. The minimum Gasteiger partial charge on any atom is -0.335 e. The predicted molar refractivity (Wildman–Crippen MR) is 51.6 cm³/mol. The number of aryl methyl sites for hydroxylation is 1. The Morgan fingerprint density at radius 2 is 2.50 bits per heavy atom. The van der Waals surface area contributed by atoms with Crippen LogP contribution in [0.5, 0.6) is 0 Å². The van der Waals surface area contributed by atoms with Crippen LogP contribution < -0.4 is 0 Å². The first-order valence-electron chi connectivity index (χ1n) is 5.04. The molecular formula is C10H13N3O. The number of nitrogens with zero attached hydrogens (tertiary/aromatic N) is 3. The van der Waals surface area contributed by atoms with Crippen molar-refractivity contribution >= 4 is 6.08 Å². The van der Waals surface area contributed by atoms with Crippen molar-refractivity contribution < 1.29 is 4.52 Å². The predicted octanol–water partition coefficient (Wildman–Crippen LogP) is 1.10. The van der Waals surface area contributed by atoms with Gasteiger partial charge in [-0.15, -0.1) is 0 Å². The molecule has 1 aromatic rings. The van der Waals surface area contributed by atoms with Crippen LogP contribution >= 0.6 is 0 Å². The summed E-state index contributed by atoms with van der Waals surface area (Å²) in [5.74, 6) is 2.11. The Morgan fingerprint density at radius 3 is 3.07 bits per heavy atom. The summed E-state index contributed by atoms with van der Waals surface area (Å²) < 4.78 is 5.08. The summed E-state index contributed by atoms with van der Waals surface area (Å²) in [4.78, 5) is 6.66. The molecular weight excluding hydrogens is 178 g/mol. The van der Waals surface area contributed by atoms with Gasteiger partial charge in [0.15, 0.2) is 5.82 Å². The van der Waals surface area contributed by atoms with Gasteiger partial charge in [-0.25, -0.2) is 0 Å². The largest absolute Gasteiger partial charge is 0.335 e. The molecule has 2 unspecified atom stereocenters. The van der Waals surface area contributed by atoms with Crippen molar-refractivity contribution in [3.63, 3.8) is 0 Å². The van der Waals surface area contributed by atoms with Gasteiger partial charge in [0, 0.05) is 19.2 Å². The quantitative estimate of drug-likeness (QED) is 0.666. The van der Waals surface area contributed by atoms with Crippen molar-refractivity contribution in [2.24, 2.45) is 5.92 Å². The van der Waals surface area contributed by atoms with E-state index in [1.807, 2.05) is 6.92 Å². The highest BCUT2D eigenvalue weighted by atomic mass is 16.5. The molecule has 4 heteroatoms. The van der Waals surface area contributed by atoms with Gasteiger partial charge in [0.05, 0.1) is 0 Å². The van der Waals surface area contributed by atoms with Crippen molar-refractivity contribution in [1.82, 2.24) is 15.0 Å². The van der Waals surface area contributed by atoms with Gasteiger partial charge in [-0.3, -0.25) is 4.90 Å². The topological polar surface area (TPSA) is 42.2 Å². The normalized spacial score (nSPS) is 33.1. The van der Waals surface area contributed by atoms with Crippen LogP contribution in [0.4, 0.5) is 0 Å². The molecule has 0 N–H and O–H groups in total. The molecule has 0 amide bonds. The highest BCUT2D eigenvalue weighted by Crippen LogP contribution is 2.33. The maximum Gasteiger partial charge on any atom is 0.250 e. The molecule has 74 valence electrons. The Hall–Kier alpha value is -1.16. The second-order valence-electron chi connectivity index (χ2n) is 4.12. The molecule has 1 aromatic heterocycles. The van der Waals surface area contributed by atoms with E-state index in [-0.39, 0.29) is 0 Å². The van der Waals surface area contributed by atoms with Gasteiger partial charge < -0.3 is 4.52 Å². The molecule has 0 spiro atoms. The summed E-state index contributed by atoms with van der Waals surface area (Å²) in [6, 6.07) is 0. The van der Waals surface area contributed by atoms with E-state index >= 15 is 0 Å². The van der Waals surface area contributed by atoms with Crippen molar-refractivity contribution in [1.29, 1.82) is 0 Å². The number of hydrogen-bond acceptors (Lipinski definition) is 4. The lowest BCUT2D eigenvalue weighted by molar-refractivity contribution is 0.391. The minimum absolute atomic E-state index is 0.659.